The number of aryl methyl sites for hydroxylation is 2. The highest BCUT2D eigenvalue weighted by Crippen LogP contribution is 2.25. The van der Waals surface area contributed by atoms with E-state index in [1.165, 1.54) is 4.88 Å². The largest absolute Gasteiger partial charge is 0.352 e. The number of carbonyl (C=O) groups is 1. The molecule has 0 aliphatic carbocycles. The van der Waals surface area contributed by atoms with Crippen molar-refractivity contribution < 1.29 is 4.79 Å². The third-order valence-electron chi connectivity index (χ3n) is 4.40. The lowest BCUT2D eigenvalue weighted by Gasteiger charge is -2.14. The molecule has 1 aromatic heterocycles. The third-order valence-corrected chi connectivity index (χ3v) is 5.54. The predicted octanol–water partition coefficient (Wildman–Crippen LogP) is 2.81. The van der Waals surface area contributed by atoms with Crippen LogP contribution in [0.1, 0.15) is 43.8 Å². The fourth-order valence-corrected chi connectivity index (χ4v) is 3.94. The lowest BCUT2D eigenvalue weighted by Crippen LogP contribution is -2.27. The lowest BCUT2D eigenvalue weighted by atomic mass is 9.93. The lowest BCUT2D eigenvalue weighted by molar-refractivity contribution is 0.0953. The van der Waals surface area contributed by atoms with Gasteiger partial charge in [-0.1, -0.05) is 18.2 Å². The van der Waals surface area contributed by atoms with Gasteiger partial charge in [-0.2, -0.15) is 0 Å². The summed E-state index contributed by atoms with van der Waals surface area (Å²) >= 11 is 1.71. The summed E-state index contributed by atoms with van der Waals surface area (Å²) in [6, 6.07) is 7.97. The SMILES string of the molecule is Cc1nc(CCNC(=O)c2ccccc2[C@@H]2CCNC2)sc1C. The summed E-state index contributed by atoms with van der Waals surface area (Å²) in [6.45, 7) is 6.73. The van der Waals surface area contributed by atoms with Crippen LogP contribution in [0.3, 0.4) is 0 Å². The Kier molecular flexibility index (Phi) is 5.08. The maximum absolute atomic E-state index is 12.5. The van der Waals surface area contributed by atoms with E-state index in [-0.39, 0.29) is 5.91 Å². The van der Waals surface area contributed by atoms with Gasteiger partial charge < -0.3 is 10.6 Å². The average Bonchev–Trinajstić information content (AvgIpc) is 3.18. The molecule has 1 fully saturated rings. The average molecular weight is 329 g/mol. The van der Waals surface area contributed by atoms with Gasteiger partial charge in [0.25, 0.3) is 5.91 Å². The normalized spacial score (nSPS) is 17.4. The summed E-state index contributed by atoms with van der Waals surface area (Å²) in [5.74, 6) is 0.471. The van der Waals surface area contributed by atoms with Gasteiger partial charge in [-0.3, -0.25) is 4.79 Å². The highest BCUT2D eigenvalue weighted by atomic mass is 32.1. The fourth-order valence-electron chi connectivity index (χ4n) is 3.00. The van der Waals surface area contributed by atoms with Crippen LogP contribution in [0.15, 0.2) is 24.3 Å². The van der Waals surface area contributed by atoms with Crippen molar-refractivity contribution in [2.24, 2.45) is 0 Å². The van der Waals surface area contributed by atoms with E-state index < -0.39 is 0 Å². The number of hydrogen-bond donors (Lipinski definition) is 2. The van der Waals surface area contributed by atoms with Crippen LogP contribution in [-0.2, 0) is 6.42 Å². The quantitative estimate of drug-likeness (QED) is 0.887. The molecule has 0 saturated carbocycles. The third kappa shape index (κ3) is 3.79. The predicted molar refractivity (Wildman–Crippen MR) is 94.3 cm³/mol. The van der Waals surface area contributed by atoms with Gasteiger partial charge in [0.1, 0.15) is 0 Å². The highest BCUT2D eigenvalue weighted by molar-refractivity contribution is 7.11. The van der Waals surface area contributed by atoms with E-state index in [1.807, 2.05) is 25.1 Å². The van der Waals surface area contributed by atoms with Gasteiger partial charge in [-0.15, -0.1) is 11.3 Å². The van der Waals surface area contributed by atoms with Gasteiger partial charge in [0.2, 0.25) is 0 Å². The van der Waals surface area contributed by atoms with E-state index in [9.17, 15) is 4.79 Å². The second-order valence-electron chi connectivity index (χ2n) is 6.03. The maximum Gasteiger partial charge on any atom is 0.251 e. The smallest absolute Gasteiger partial charge is 0.251 e. The van der Waals surface area contributed by atoms with E-state index in [0.717, 1.165) is 47.8 Å². The number of aromatic nitrogens is 1. The monoisotopic (exact) mass is 329 g/mol. The molecule has 2 heterocycles. The Hall–Kier alpha value is -1.72. The molecule has 5 heteroatoms. The molecule has 23 heavy (non-hydrogen) atoms. The van der Waals surface area contributed by atoms with Crippen molar-refractivity contribution >= 4 is 17.2 Å². The number of carbonyl (C=O) groups excluding carboxylic acids is 1. The first-order valence-electron chi connectivity index (χ1n) is 8.16. The second kappa shape index (κ2) is 7.23. The van der Waals surface area contributed by atoms with E-state index in [0.29, 0.717) is 12.5 Å². The number of thiazole rings is 1. The summed E-state index contributed by atoms with van der Waals surface area (Å²) in [4.78, 5) is 18.3. The Bertz CT molecular complexity index is 670. The van der Waals surface area contributed by atoms with Crippen LogP contribution < -0.4 is 10.6 Å². The minimum atomic E-state index is 0.0255. The first kappa shape index (κ1) is 16.1. The zero-order valence-corrected chi connectivity index (χ0v) is 14.5. The van der Waals surface area contributed by atoms with Crippen molar-refractivity contribution in [1.82, 2.24) is 15.6 Å². The highest BCUT2D eigenvalue weighted by Gasteiger charge is 2.21. The zero-order valence-electron chi connectivity index (χ0n) is 13.7. The Morgan fingerprint density at radius 3 is 2.91 bits per heavy atom. The van der Waals surface area contributed by atoms with E-state index in [4.69, 9.17) is 0 Å². The molecule has 1 amide bonds. The minimum absolute atomic E-state index is 0.0255. The molecular formula is C18H23N3OS. The molecule has 0 radical (unpaired) electrons. The Labute approximate surface area is 141 Å². The number of rotatable bonds is 5. The molecule has 1 atom stereocenters. The van der Waals surface area contributed by atoms with Crippen molar-refractivity contribution in [2.75, 3.05) is 19.6 Å². The first-order valence-corrected chi connectivity index (χ1v) is 8.97. The maximum atomic E-state index is 12.5. The molecular weight excluding hydrogens is 306 g/mol. The number of amides is 1. The molecule has 1 aromatic carbocycles. The van der Waals surface area contributed by atoms with Crippen LogP contribution in [0, 0.1) is 13.8 Å². The number of hydrogen-bond acceptors (Lipinski definition) is 4. The Morgan fingerprint density at radius 2 is 2.22 bits per heavy atom. The van der Waals surface area contributed by atoms with Gasteiger partial charge in [-0.05, 0) is 44.4 Å². The van der Waals surface area contributed by atoms with Crippen molar-refractivity contribution in [3.63, 3.8) is 0 Å². The Morgan fingerprint density at radius 1 is 1.39 bits per heavy atom. The summed E-state index contributed by atoms with van der Waals surface area (Å²) in [5, 5.41) is 7.51. The molecule has 0 unspecified atom stereocenters. The molecule has 0 bridgehead atoms. The van der Waals surface area contributed by atoms with Gasteiger partial charge in [0.15, 0.2) is 0 Å². The second-order valence-corrected chi connectivity index (χ2v) is 7.32. The van der Waals surface area contributed by atoms with Crippen molar-refractivity contribution in [3.05, 3.63) is 51.0 Å². The van der Waals surface area contributed by atoms with Crippen LogP contribution >= 0.6 is 11.3 Å². The van der Waals surface area contributed by atoms with Crippen LogP contribution in [0.4, 0.5) is 0 Å². The summed E-state index contributed by atoms with van der Waals surface area (Å²) < 4.78 is 0. The standard InChI is InChI=1S/C18H23N3OS/c1-12-13(2)23-17(21-12)8-10-20-18(22)16-6-4-3-5-15(16)14-7-9-19-11-14/h3-6,14,19H,7-11H2,1-2H3,(H,20,22)/t14-/m1/s1. The van der Waals surface area contributed by atoms with Crippen LogP contribution in [-0.4, -0.2) is 30.5 Å². The first-order chi connectivity index (χ1) is 11.1. The van der Waals surface area contributed by atoms with Crippen LogP contribution in [0.25, 0.3) is 0 Å². The summed E-state index contributed by atoms with van der Waals surface area (Å²) in [6.07, 6.45) is 1.89. The van der Waals surface area contributed by atoms with Gasteiger partial charge in [0.05, 0.1) is 10.7 Å². The van der Waals surface area contributed by atoms with E-state index >= 15 is 0 Å². The molecule has 2 N–H and O–H groups in total. The van der Waals surface area contributed by atoms with Crippen molar-refractivity contribution in [1.29, 1.82) is 0 Å². The topological polar surface area (TPSA) is 54.0 Å². The van der Waals surface area contributed by atoms with Crippen molar-refractivity contribution in [3.8, 4) is 0 Å². The molecule has 1 aliphatic rings. The molecule has 1 saturated heterocycles. The van der Waals surface area contributed by atoms with Crippen LogP contribution in [0.2, 0.25) is 0 Å². The molecule has 4 nitrogen and oxygen atoms in total. The molecule has 2 aromatic rings. The summed E-state index contributed by atoms with van der Waals surface area (Å²) in [5.41, 5.74) is 3.07. The fraction of sp³-hybridized carbons (Fsp3) is 0.444. The minimum Gasteiger partial charge on any atom is -0.352 e. The van der Waals surface area contributed by atoms with Gasteiger partial charge in [0, 0.05) is 30.0 Å². The zero-order chi connectivity index (χ0) is 16.2. The van der Waals surface area contributed by atoms with Gasteiger partial charge in [-0.25, -0.2) is 4.98 Å². The number of nitrogens with zero attached hydrogens (tertiary/aromatic N) is 1. The number of benzene rings is 1. The number of nitrogens with one attached hydrogen (secondary N) is 2. The molecule has 3 rings (SSSR count). The van der Waals surface area contributed by atoms with Crippen molar-refractivity contribution in [2.45, 2.75) is 32.6 Å². The molecule has 1 aliphatic heterocycles. The molecule has 0 spiro atoms. The van der Waals surface area contributed by atoms with Gasteiger partial charge >= 0.3 is 0 Å². The Balaban J connectivity index is 1.62. The van der Waals surface area contributed by atoms with Crippen LogP contribution in [0.5, 0.6) is 0 Å². The van der Waals surface area contributed by atoms with E-state index in [1.54, 1.807) is 11.3 Å². The summed E-state index contributed by atoms with van der Waals surface area (Å²) in [7, 11) is 0. The molecule has 122 valence electrons. The van der Waals surface area contributed by atoms with E-state index in [2.05, 4.69) is 28.6 Å².